The highest BCUT2D eigenvalue weighted by Crippen LogP contribution is 2.29. The number of nitriles is 1. The molecule has 110 valence electrons. The first-order valence-corrected chi connectivity index (χ1v) is 6.36. The van der Waals surface area contributed by atoms with E-state index in [-0.39, 0.29) is 19.0 Å². The lowest BCUT2D eigenvalue weighted by atomic mass is 10.1. The zero-order valence-electron chi connectivity index (χ0n) is 11.0. The first-order chi connectivity index (χ1) is 9.95. The molecule has 1 aromatic carbocycles. The summed E-state index contributed by atoms with van der Waals surface area (Å²) in [6.45, 7) is 0.137. The standard InChI is InChI=1S/C14H12F2N2O3/c15-11-6-9(10(14(20)21)7-12(11)16)13(19)18(5-1-4-17)8-2-3-8/h6-8H,1-3,5H2,(H,20,21). The molecule has 1 N–H and O–H groups in total. The van der Waals surface area contributed by atoms with E-state index in [2.05, 4.69) is 0 Å². The highest BCUT2D eigenvalue weighted by atomic mass is 19.2. The van der Waals surface area contributed by atoms with Gasteiger partial charge in [-0.1, -0.05) is 0 Å². The van der Waals surface area contributed by atoms with Crippen molar-refractivity contribution in [3.05, 3.63) is 34.9 Å². The molecule has 1 aliphatic carbocycles. The first kappa shape index (κ1) is 14.9. The van der Waals surface area contributed by atoms with E-state index in [1.54, 1.807) is 0 Å². The van der Waals surface area contributed by atoms with Gasteiger partial charge in [0.15, 0.2) is 11.6 Å². The summed E-state index contributed by atoms with van der Waals surface area (Å²) in [7, 11) is 0. The molecule has 0 unspecified atom stereocenters. The highest BCUT2D eigenvalue weighted by molar-refractivity contribution is 6.05. The number of benzene rings is 1. The molecule has 0 bridgehead atoms. The van der Waals surface area contributed by atoms with Crippen LogP contribution in [0.2, 0.25) is 0 Å². The molecule has 0 saturated heterocycles. The Morgan fingerprint density at radius 3 is 2.33 bits per heavy atom. The number of rotatable bonds is 5. The van der Waals surface area contributed by atoms with E-state index < -0.39 is 34.6 Å². The van der Waals surface area contributed by atoms with Crippen LogP contribution in [0.5, 0.6) is 0 Å². The number of nitrogens with zero attached hydrogens (tertiary/aromatic N) is 2. The Labute approximate surface area is 119 Å². The third-order valence-corrected chi connectivity index (χ3v) is 3.23. The van der Waals surface area contributed by atoms with Crippen LogP contribution >= 0.6 is 0 Å². The highest BCUT2D eigenvalue weighted by Gasteiger charge is 2.34. The molecule has 7 heteroatoms. The van der Waals surface area contributed by atoms with Gasteiger partial charge in [0.1, 0.15) is 0 Å². The SMILES string of the molecule is N#CCCN(C(=O)c1cc(F)c(F)cc1C(=O)O)C1CC1. The van der Waals surface area contributed by atoms with Crippen LogP contribution in [-0.2, 0) is 0 Å². The maximum absolute atomic E-state index is 13.3. The summed E-state index contributed by atoms with van der Waals surface area (Å²) in [5.74, 6) is -4.80. The lowest BCUT2D eigenvalue weighted by molar-refractivity contribution is 0.0671. The third-order valence-electron chi connectivity index (χ3n) is 3.23. The topological polar surface area (TPSA) is 81.4 Å². The largest absolute Gasteiger partial charge is 0.478 e. The van der Waals surface area contributed by atoms with Crippen LogP contribution < -0.4 is 0 Å². The minimum atomic E-state index is -1.51. The second-order valence-electron chi connectivity index (χ2n) is 4.75. The van der Waals surface area contributed by atoms with E-state index in [0.29, 0.717) is 12.1 Å². The maximum atomic E-state index is 13.3. The van der Waals surface area contributed by atoms with Crippen LogP contribution in [-0.4, -0.2) is 34.5 Å². The van der Waals surface area contributed by atoms with Gasteiger partial charge in [0, 0.05) is 12.6 Å². The van der Waals surface area contributed by atoms with E-state index >= 15 is 0 Å². The van der Waals surface area contributed by atoms with Crippen molar-refractivity contribution in [1.29, 1.82) is 5.26 Å². The second kappa shape index (κ2) is 5.87. The smallest absolute Gasteiger partial charge is 0.336 e. The molecule has 0 atom stereocenters. The van der Waals surface area contributed by atoms with Crippen molar-refractivity contribution in [2.24, 2.45) is 0 Å². The van der Waals surface area contributed by atoms with Crippen molar-refractivity contribution >= 4 is 11.9 Å². The molecule has 2 rings (SSSR count). The van der Waals surface area contributed by atoms with Crippen molar-refractivity contribution in [1.82, 2.24) is 4.90 Å². The van der Waals surface area contributed by atoms with Crippen LogP contribution in [0.15, 0.2) is 12.1 Å². The monoisotopic (exact) mass is 294 g/mol. The van der Waals surface area contributed by atoms with Gasteiger partial charge in [0.25, 0.3) is 5.91 Å². The Bertz CT molecular complexity index is 636. The van der Waals surface area contributed by atoms with Gasteiger partial charge in [-0.2, -0.15) is 5.26 Å². The van der Waals surface area contributed by atoms with Crippen LogP contribution in [0.25, 0.3) is 0 Å². The average molecular weight is 294 g/mol. The van der Waals surface area contributed by atoms with E-state index in [9.17, 15) is 18.4 Å². The number of amides is 1. The number of aromatic carboxylic acids is 1. The summed E-state index contributed by atoms with van der Waals surface area (Å²) in [4.78, 5) is 24.8. The van der Waals surface area contributed by atoms with Crippen molar-refractivity contribution in [3.8, 4) is 6.07 Å². The van der Waals surface area contributed by atoms with Crippen molar-refractivity contribution < 1.29 is 23.5 Å². The maximum Gasteiger partial charge on any atom is 0.336 e. The number of hydrogen-bond donors (Lipinski definition) is 1. The van der Waals surface area contributed by atoms with Crippen LogP contribution in [0.1, 0.15) is 40.0 Å². The van der Waals surface area contributed by atoms with Crippen LogP contribution in [0.3, 0.4) is 0 Å². The molecule has 0 aliphatic heterocycles. The minimum absolute atomic E-state index is 0.0689. The molecule has 1 amide bonds. The van der Waals surface area contributed by atoms with Crippen molar-refractivity contribution in [2.75, 3.05) is 6.54 Å². The third kappa shape index (κ3) is 3.16. The van der Waals surface area contributed by atoms with E-state index in [4.69, 9.17) is 10.4 Å². The Kier molecular flexibility index (Phi) is 4.17. The minimum Gasteiger partial charge on any atom is -0.478 e. The van der Waals surface area contributed by atoms with Gasteiger partial charge < -0.3 is 10.0 Å². The Morgan fingerprint density at radius 1 is 1.29 bits per heavy atom. The fourth-order valence-electron chi connectivity index (χ4n) is 2.06. The average Bonchev–Trinajstić information content (AvgIpc) is 3.26. The molecule has 0 heterocycles. The molecule has 1 fully saturated rings. The molecule has 0 spiro atoms. The van der Waals surface area contributed by atoms with E-state index in [1.807, 2.05) is 6.07 Å². The molecular formula is C14H12F2N2O3. The molecule has 0 radical (unpaired) electrons. The molecule has 1 saturated carbocycles. The summed E-state index contributed by atoms with van der Waals surface area (Å²) < 4.78 is 26.5. The molecule has 0 aromatic heterocycles. The zero-order valence-corrected chi connectivity index (χ0v) is 11.0. The molecule has 1 aliphatic rings. The summed E-state index contributed by atoms with van der Waals surface area (Å²) in [6, 6.07) is 2.93. The number of hydrogen-bond acceptors (Lipinski definition) is 3. The summed E-state index contributed by atoms with van der Waals surface area (Å²) in [5.41, 5.74) is -0.979. The lowest BCUT2D eigenvalue weighted by Gasteiger charge is -2.22. The van der Waals surface area contributed by atoms with Gasteiger partial charge in [0.05, 0.1) is 23.6 Å². The van der Waals surface area contributed by atoms with E-state index in [1.165, 1.54) is 4.90 Å². The summed E-state index contributed by atoms with van der Waals surface area (Å²) >= 11 is 0. The number of halogens is 2. The second-order valence-corrected chi connectivity index (χ2v) is 4.75. The Hall–Kier alpha value is -2.49. The van der Waals surface area contributed by atoms with Crippen molar-refractivity contribution in [2.45, 2.75) is 25.3 Å². The number of carbonyl (C=O) groups excluding carboxylic acids is 1. The Morgan fingerprint density at radius 2 is 1.86 bits per heavy atom. The van der Waals surface area contributed by atoms with Gasteiger partial charge in [0.2, 0.25) is 0 Å². The first-order valence-electron chi connectivity index (χ1n) is 6.36. The van der Waals surface area contributed by atoms with Gasteiger partial charge >= 0.3 is 5.97 Å². The van der Waals surface area contributed by atoms with Crippen LogP contribution in [0, 0.1) is 23.0 Å². The Balaban J connectivity index is 2.39. The van der Waals surface area contributed by atoms with Gasteiger partial charge in [-0.15, -0.1) is 0 Å². The van der Waals surface area contributed by atoms with Gasteiger partial charge in [-0.05, 0) is 25.0 Å². The fraction of sp³-hybridized carbons (Fsp3) is 0.357. The van der Waals surface area contributed by atoms with Gasteiger partial charge in [-0.3, -0.25) is 4.79 Å². The van der Waals surface area contributed by atoms with E-state index in [0.717, 1.165) is 12.8 Å². The zero-order chi connectivity index (χ0) is 15.6. The normalized spacial score (nSPS) is 13.6. The predicted octanol–water partition coefficient (Wildman–Crippen LogP) is 2.18. The lowest BCUT2D eigenvalue weighted by Crippen LogP contribution is -2.35. The van der Waals surface area contributed by atoms with Gasteiger partial charge in [-0.25, -0.2) is 13.6 Å². The molecular weight excluding hydrogens is 282 g/mol. The molecule has 21 heavy (non-hydrogen) atoms. The van der Waals surface area contributed by atoms with Crippen molar-refractivity contribution in [3.63, 3.8) is 0 Å². The summed E-state index contributed by atoms with van der Waals surface area (Å²) in [5, 5.41) is 17.6. The predicted molar refractivity (Wildman–Crippen MR) is 67.6 cm³/mol. The summed E-state index contributed by atoms with van der Waals surface area (Å²) in [6.07, 6.45) is 1.60. The number of carbonyl (C=O) groups is 2. The fourth-order valence-corrected chi connectivity index (χ4v) is 2.06. The molecule has 5 nitrogen and oxygen atoms in total. The molecule has 1 aromatic rings. The van der Waals surface area contributed by atoms with Crippen LogP contribution in [0.4, 0.5) is 8.78 Å². The number of carboxylic acid groups (broad SMARTS) is 1. The number of carboxylic acids is 1. The quantitative estimate of drug-likeness (QED) is 0.902.